The number of fused-ring (bicyclic) bond motifs is 2. The van der Waals surface area contributed by atoms with Gasteiger partial charge in [0.15, 0.2) is 0 Å². The highest BCUT2D eigenvalue weighted by Crippen LogP contribution is 2.25. The molecular formula is C16H16N4. The lowest BCUT2D eigenvalue weighted by molar-refractivity contribution is 0.609. The van der Waals surface area contributed by atoms with Crippen LogP contribution in [-0.4, -0.2) is 21.0 Å². The van der Waals surface area contributed by atoms with Gasteiger partial charge < -0.3 is 10.3 Å². The largest absolute Gasteiger partial charge is 0.366 e. The quantitative estimate of drug-likeness (QED) is 0.748. The number of aromatic nitrogens is 3. The van der Waals surface area contributed by atoms with Crippen molar-refractivity contribution in [2.24, 2.45) is 0 Å². The van der Waals surface area contributed by atoms with Crippen molar-refractivity contribution in [3.63, 3.8) is 0 Å². The first kappa shape index (κ1) is 11.5. The van der Waals surface area contributed by atoms with Crippen LogP contribution in [-0.2, 0) is 12.8 Å². The molecule has 1 aliphatic rings. The SMILES string of the molecule is c1ccc2c(c1)CCC(Nc1ncnc3[nH]ccc13)C2. The lowest BCUT2D eigenvalue weighted by atomic mass is 9.88. The number of aromatic amines is 1. The fraction of sp³-hybridized carbons (Fsp3) is 0.250. The summed E-state index contributed by atoms with van der Waals surface area (Å²) in [5, 5.41) is 4.64. The topological polar surface area (TPSA) is 53.6 Å². The highest BCUT2D eigenvalue weighted by atomic mass is 15.1. The summed E-state index contributed by atoms with van der Waals surface area (Å²) in [5.74, 6) is 0.931. The number of benzene rings is 1. The minimum Gasteiger partial charge on any atom is -0.366 e. The molecule has 100 valence electrons. The first-order chi connectivity index (χ1) is 9.90. The molecule has 0 saturated heterocycles. The highest BCUT2D eigenvalue weighted by Gasteiger charge is 2.19. The number of anilines is 1. The van der Waals surface area contributed by atoms with Crippen LogP contribution in [0, 0.1) is 0 Å². The van der Waals surface area contributed by atoms with Gasteiger partial charge in [-0.05, 0) is 36.5 Å². The van der Waals surface area contributed by atoms with Crippen LogP contribution in [0.1, 0.15) is 17.5 Å². The van der Waals surface area contributed by atoms with Gasteiger partial charge in [-0.2, -0.15) is 0 Å². The molecule has 3 aromatic rings. The predicted octanol–water partition coefficient (Wildman–Crippen LogP) is 2.93. The summed E-state index contributed by atoms with van der Waals surface area (Å²) in [4.78, 5) is 11.7. The zero-order chi connectivity index (χ0) is 13.4. The van der Waals surface area contributed by atoms with Crippen LogP contribution in [0.2, 0.25) is 0 Å². The molecule has 1 unspecified atom stereocenters. The third-order valence-corrected chi connectivity index (χ3v) is 4.04. The molecule has 20 heavy (non-hydrogen) atoms. The standard InChI is InChI=1S/C16H16N4/c1-2-4-12-9-13(6-5-11(12)3-1)20-16-14-7-8-17-15(14)18-10-19-16/h1-4,7-8,10,13H,5-6,9H2,(H2,17,18,19,20). The van der Waals surface area contributed by atoms with E-state index in [1.165, 1.54) is 11.1 Å². The van der Waals surface area contributed by atoms with E-state index < -0.39 is 0 Å². The Bertz CT molecular complexity index is 747. The number of nitrogens with one attached hydrogen (secondary N) is 2. The van der Waals surface area contributed by atoms with Crippen molar-refractivity contribution in [1.82, 2.24) is 15.0 Å². The molecule has 0 saturated carbocycles. The summed E-state index contributed by atoms with van der Waals surface area (Å²) in [6, 6.07) is 11.2. The second kappa shape index (κ2) is 4.63. The van der Waals surface area contributed by atoms with E-state index in [-0.39, 0.29) is 0 Å². The fourth-order valence-corrected chi connectivity index (χ4v) is 3.00. The molecule has 0 amide bonds. The van der Waals surface area contributed by atoms with Crippen LogP contribution in [0.25, 0.3) is 11.0 Å². The average Bonchev–Trinajstić information content (AvgIpc) is 2.97. The Hall–Kier alpha value is -2.36. The van der Waals surface area contributed by atoms with Gasteiger partial charge in [0.25, 0.3) is 0 Å². The van der Waals surface area contributed by atoms with Gasteiger partial charge in [-0.3, -0.25) is 0 Å². The third kappa shape index (κ3) is 1.93. The lowest BCUT2D eigenvalue weighted by Crippen LogP contribution is -2.27. The maximum Gasteiger partial charge on any atom is 0.142 e. The molecule has 0 spiro atoms. The summed E-state index contributed by atoms with van der Waals surface area (Å²) in [5.41, 5.74) is 3.83. The molecule has 4 heteroatoms. The third-order valence-electron chi connectivity index (χ3n) is 4.04. The molecule has 4 rings (SSSR count). The number of aryl methyl sites for hydroxylation is 1. The molecule has 1 atom stereocenters. The molecule has 0 bridgehead atoms. The fourth-order valence-electron chi connectivity index (χ4n) is 3.00. The molecular weight excluding hydrogens is 248 g/mol. The van der Waals surface area contributed by atoms with Gasteiger partial charge in [0, 0.05) is 12.2 Å². The number of hydrogen-bond acceptors (Lipinski definition) is 3. The summed E-state index contributed by atoms with van der Waals surface area (Å²) in [6.07, 6.45) is 6.85. The van der Waals surface area contributed by atoms with Crippen LogP contribution in [0.4, 0.5) is 5.82 Å². The van der Waals surface area contributed by atoms with E-state index in [4.69, 9.17) is 0 Å². The van der Waals surface area contributed by atoms with E-state index in [2.05, 4.69) is 44.5 Å². The van der Waals surface area contributed by atoms with E-state index in [0.29, 0.717) is 6.04 Å². The minimum absolute atomic E-state index is 0.442. The van der Waals surface area contributed by atoms with Crippen LogP contribution in [0.15, 0.2) is 42.9 Å². The van der Waals surface area contributed by atoms with Crippen LogP contribution in [0.5, 0.6) is 0 Å². The van der Waals surface area contributed by atoms with E-state index in [9.17, 15) is 0 Å². The lowest BCUT2D eigenvalue weighted by Gasteiger charge is -2.26. The zero-order valence-corrected chi connectivity index (χ0v) is 11.1. The monoisotopic (exact) mass is 264 g/mol. The second-order valence-corrected chi connectivity index (χ2v) is 5.31. The average molecular weight is 264 g/mol. The molecule has 0 aliphatic heterocycles. The van der Waals surface area contributed by atoms with E-state index in [1.54, 1.807) is 6.33 Å². The number of nitrogens with zero attached hydrogens (tertiary/aromatic N) is 2. The van der Waals surface area contributed by atoms with Crippen molar-refractivity contribution in [1.29, 1.82) is 0 Å². The molecule has 4 nitrogen and oxygen atoms in total. The first-order valence-electron chi connectivity index (χ1n) is 7.01. The summed E-state index contributed by atoms with van der Waals surface area (Å²) in [7, 11) is 0. The van der Waals surface area contributed by atoms with Gasteiger partial charge in [0.2, 0.25) is 0 Å². The molecule has 0 radical (unpaired) electrons. The van der Waals surface area contributed by atoms with Crippen molar-refractivity contribution in [2.45, 2.75) is 25.3 Å². The van der Waals surface area contributed by atoms with Gasteiger partial charge in [-0.1, -0.05) is 24.3 Å². The number of hydrogen-bond donors (Lipinski definition) is 2. The van der Waals surface area contributed by atoms with Crippen LogP contribution in [0.3, 0.4) is 0 Å². The molecule has 0 fully saturated rings. The Kier molecular flexibility index (Phi) is 2.66. The van der Waals surface area contributed by atoms with Gasteiger partial charge in [0.05, 0.1) is 5.39 Å². The zero-order valence-electron chi connectivity index (χ0n) is 11.1. The van der Waals surface area contributed by atoms with Crippen molar-refractivity contribution in [2.75, 3.05) is 5.32 Å². The van der Waals surface area contributed by atoms with E-state index in [1.807, 2.05) is 12.3 Å². The molecule has 2 heterocycles. The van der Waals surface area contributed by atoms with Crippen LogP contribution >= 0.6 is 0 Å². The Morgan fingerprint density at radius 1 is 1.10 bits per heavy atom. The number of H-pyrrole nitrogens is 1. The van der Waals surface area contributed by atoms with Crippen molar-refractivity contribution >= 4 is 16.9 Å². The maximum atomic E-state index is 4.39. The molecule has 2 N–H and O–H groups in total. The summed E-state index contributed by atoms with van der Waals surface area (Å²) in [6.45, 7) is 0. The number of rotatable bonds is 2. The molecule has 1 aliphatic carbocycles. The Labute approximate surface area is 117 Å². The van der Waals surface area contributed by atoms with Gasteiger partial charge in [-0.15, -0.1) is 0 Å². The normalized spacial score (nSPS) is 17.9. The summed E-state index contributed by atoms with van der Waals surface area (Å²) < 4.78 is 0. The second-order valence-electron chi connectivity index (χ2n) is 5.31. The highest BCUT2D eigenvalue weighted by molar-refractivity contribution is 5.86. The molecule has 2 aromatic heterocycles. The van der Waals surface area contributed by atoms with Crippen LogP contribution < -0.4 is 5.32 Å². The van der Waals surface area contributed by atoms with E-state index in [0.717, 1.165) is 36.1 Å². The van der Waals surface area contributed by atoms with Crippen molar-refractivity contribution in [3.05, 3.63) is 54.0 Å². The Morgan fingerprint density at radius 2 is 2.00 bits per heavy atom. The maximum absolute atomic E-state index is 4.39. The van der Waals surface area contributed by atoms with E-state index >= 15 is 0 Å². The molecule has 1 aromatic carbocycles. The van der Waals surface area contributed by atoms with Gasteiger partial charge in [0.1, 0.15) is 17.8 Å². The van der Waals surface area contributed by atoms with Crippen molar-refractivity contribution < 1.29 is 0 Å². The van der Waals surface area contributed by atoms with Gasteiger partial charge in [-0.25, -0.2) is 9.97 Å². The predicted molar refractivity (Wildman–Crippen MR) is 79.8 cm³/mol. The first-order valence-corrected chi connectivity index (χ1v) is 7.01. The smallest absolute Gasteiger partial charge is 0.142 e. The minimum atomic E-state index is 0.442. The Balaban J connectivity index is 1.60. The summed E-state index contributed by atoms with van der Waals surface area (Å²) >= 11 is 0. The van der Waals surface area contributed by atoms with Crippen molar-refractivity contribution in [3.8, 4) is 0 Å². The Morgan fingerprint density at radius 3 is 2.95 bits per heavy atom. The van der Waals surface area contributed by atoms with Gasteiger partial charge >= 0.3 is 0 Å².